The van der Waals surface area contributed by atoms with Crippen molar-refractivity contribution in [3.63, 3.8) is 0 Å². The van der Waals surface area contributed by atoms with E-state index in [1.165, 1.54) is 12.8 Å². The molecule has 2 rings (SSSR count). The Balaban J connectivity index is 1.88. The first-order chi connectivity index (χ1) is 6.38. The standard InChI is InChI=1S/C10H19NO2/c1-9-8-13-7-4-11(9)10-2-5-12-6-3-10/h9-10H,2-8H2,1H3. The molecule has 13 heavy (non-hydrogen) atoms. The van der Waals surface area contributed by atoms with Crippen LogP contribution in [-0.4, -0.2) is 50.0 Å². The second-order valence-corrected chi connectivity index (χ2v) is 4.01. The van der Waals surface area contributed by atoms with Crippen LogP contribution in [0.3, 0.4) is 0 Å². The molecule has 0 bridgehead atoms. The number of nitrogens with zero attached hydrogens (tertiary/aromatic N) is 1. The first-order valence-corrected chi connectivity index (χ1v) is 5.29. The molecular formula is C10H19NO2. The largest absolute Gasteiger partial charge is 0.381 e. The number of hydrogen-bond acceptors (Lipinski definition) is 3. The Morgan fingerprint density at radius 3 is 2.54 bits per heavy atom. The van der Waals surface area contributed by atoms with Crippen molar-refractivity contribution in [3.8, 4) is 0 Å². The van der Waals surface area contributed by atoms with Crippen LogP contribution in [-0.2, 0) is 9.47 Å². The summed E-state index contributed by atoms with van der Waals surface area (Å²) in [5, 5.41) is 0. The molecule has 2 saturated heterocycles. The Hall–Kier alpha value is -0.120. The maximum atomic E-state index is 5.43. The summed E-state index contributed by atoms with van der Waals surface area (Å²) in [7, 11) is 0. The molecule has 0 saturated carbocycles. The fourth-order valence-corrected chi connectivity index (χ4v) is 2.30. The monoisotopic (exact) mass is 185 g/mol. The highest BCUT2D eigenvalue weighted by atomic mass is 16.5. The third-order valence-corrected chi connectivity index (χ3v) is 3.08. The third-order valence-electron chi connectivity index (χ3n) is 3.08. The van der Waals surface area contributed by atoms with Crippen LogP contribution in [0.15, 0.2) is 0 Å². The zero-order chi connectivity index (χ0) is 9.10. The van der Waals surface area contributed by atoms with E-state index in [2.05, 4.69) is 11.8 Å². The van der Waals surface area contributed by atoms with Crippen molar-refractivity contribution in [1.82, 2.24) is 4.90 Å². The minimum absolute atomic E-state index is 0.594. The lowest BCUT2D eigenvalue weighted by molar-refractivity contribution is -0.0497. The molecule has 76 valence electrons. The summed E-state index contributed by atoms with van der Waals surface area (Å²) in [6.07, 6.45) is 2.40. The van der Waals surface area contributed by atoms with Crippen LogP contribution in [0.1, 0.15) is 19.8 Å². The predicted molar refractivity (Wildman–Crippen MR) is 50.8 cm³/mol. The summed E-state index contributed by atoms with van der Waals surface area (Å²) < 4.78 is 10.8. The molecule has 1 unspecified atom stereocenters. The molecule has 2 fully saturated rings. The Kier molecular flexibility index (Phi) is 3.19. The van der Waals surface area contributed by atoms with Gasteiger partial charge in [-0.3, -0.25) is 4.90 Å². The van der Waals surface area contributed by atoms with Crippen molar-refractivity contribution >= 4 is 0 Å². The molecule has 3 heteroatoms. The molecule has 2 heterocycles. The van der Waals surface area contributed by atoms with Crippen LogP contribution < -0.4 is 0 Å². The SMILES string of the molecule is CC1COCCN1C1CCOCC1. The molecule has 2 aliphatic rings. The number of ether oxygens (including phenoxy) is 2. The van der Waals surface area contributed by atoms with E-state index in [0.717, 1.165) is 39.0 Å². The van der Waals surface area contributed by atoms with Gasteiger partial charge in [-0.05, 0) is 19.8 Å². The van der Waals surface area contributed by atoms with Gasteiger partial charge in [0.1, 0.15) is 0 Å². The van der Waals surface area contributed by atoms with Crippen LogP contribution >= 0.6 is 0 Å². The van der Waals surface area contributed by atoms with E-state index in [-0.39, 0.29) is 0 Å². The summed E-state index contributed by atoms with van der Waals surface area (Å²) in [6, 6.07) is 1.34. The van der Waals surface area contributed by atoms with Gasteiger partial charge in [0.2, 0.25) is 0 Å². The molecule has 0 radical (unpaired) electrons. The molecule has 0 aliphatic carbocycles. The van der Waals surface area contributed by atoms with Gasteiger partial charge in [-0.2, -0.15) is 0 Å². The van der Waals surface area contributed by atoms with E-state index in [0.29, 0.717) is 6.04 Å². The molecular weight excluding hydrogens is 166 g/mol. The lowest BCUT2D eigenvalue weighted by atomic mass is 10.0. The zero-order valence-electron chi connectivity index (χ0n) is 8.37. The fraction of sp³-hybridized carbons (Fsp3) is 1.00. The maximum Gasteiger partial charge on any atom is 0.0619 e. The number of morpholine rings is 1. The van der Waals surface area contributed by atoms with Crippen molar-refractivity contribution in [3.05, 3.63) is 0 Å². The Bertz CT molecular complexity index is 157. The number of hydrogen-bond donors (Lipinski definition) is 0. The van der Waals surface area contributed by atoms with E-state index in [1.54, 1.807) is 0 Å². The second kappa shape index (κ2) is 4.40. The van der Waals surface area contributed by atoms with Gasteiger partial charge in [0.05, 0.1) is 13.2 Å². The van der Waals surface area contributed by atoms with Gasteiger partial charge in [-0.1, -0.05) is 0 Å². The summed E-state index contributed by atoms with van der Waals surface area (Å²) >= 11 is 0. The molecule has 1 atom stereocenters. The minimum atomic E-state index is 0.594. The van der Waals surface area contributed by atoms with Crippen molar-refractivity contribution in [2.45, 2.75) is 31.8 Å². The minimum Gasteiger partial charge on any atom is -0.381 e. The van der Waals surface area contributed by atoms with Gasteiger partial charge in [0.15, 0.2) is 0 Å². The summed E-state index contributed by atoms with van der Waals surface area (Å²) in [6.45, 7) is 7.04. The van der Waals surface area contributed by atoms with Gasteiger partial charge in [-0.15, -0.1) is 0 Å². The third kappa shape index (κ3) is 2.22. The molecule has 0 aromatic heterocycles. The topological polar surface area (TPSA) is 21.7 Å². The fourth-order valence-electron chi connectivity index (χ4n) is 2.30. The van der Waals surface area contributed by atoms with E-state index >= 15 is 0 Å². The summed E-state index contributed by atoms with van der Waals surface area (Å²) in [5.41, 5.74) is 0. The normalized spacial score (nSPS) is 33.5. The molecule has 0 spiro atoms. The average Bonchev–Trinajstić information content (AvgIpc) is 2.20. The lowest BCUT2D eigenvalue weighted by Crippen LogP contribution is -2.50. The van der Waals surface area contributed by atoms with Gasteiger partial charge < -0.3 is 9.47 Å². The van der Waals surface area contributed by atoms with Crippen LogP contribution in [0, 0.1) is 0 Å². The highest BCUT2D eigenvalue weighted by molar-refractivity contribution is 4.80. The molecule has 0 N–H and O–H groups in total. The first kappa shape index (κ1) is 9.44. The smallest absolute Gasteiger partial charge is 0.0619 e. The summed E-state index contributed by atoms with van der Waals surface area (Å²) in [4.78, 5) is 2.59. The van der Waals surface area contributed by atoms with Crippen molar-refractivity contribution in [2.75, 3.05) is 33.0 Å². The van der Waals surface area contributed by atoms with Crippen molar-refractivity contribution in [2.24, 2.45) is 0 Å². The van der Waals surface area contributed by atoms with Gasteiger partial charge in [0.25, 0.3) is 0 Å². The highest BCUT2D eigenvalue weighted by Crippen LogP contribution is 2.19. The zero-order valence-corrected chi connectivity index (χ0v) is 8.37. The molecule has 0 aromatic carbocycles. The van der Waals surface area contributed by atoms with Crippen LogP contribution in [0.2, 0.25) is 0 Å². The maximum absolute atomic E-state index is 5.43. The molecule has 0 aromatic rings. The van der Waals surface area contributed by atoms with Crippen molar-refractivity contribution < 1.29 is 9.47 Å². The average molecular weight is 185 g/mol. The van der Waals surface area contributed by atoms with Gasteiger partial charge >= 0.3 is 0 Å². The van der Waals surface area contributed by atoms with Crippen LogP contribution in [0.5, 0.6) is 0 Å². The van der Waals surface area contributed by atoms with Crippen LogP contribution in [0.25, 0.3) is 0 Å². The van der Waals surface area contributed by atoms with E-state index in [1.807, 2.05) is 0 Å². The van der Waals surface area contributed by atoms with Gasteiger partial charge in [0, 0.05) is 31.8 Å². The van der Waals surface area contributed by atoms with E-state index < -0.39 is 0 Å². The Labute approximate surface area is 80.0 Å². The first-order valence-electron chi connectivity index (χ1n) is 5.29. The molecule has 3 nitrogen and oxygen atoms in total. The lowest BCUT2D eigenvalue weighted by Gasteiger charge is -2.40. The second-order valence-electron chi connectivity index (χ2n) is 4.01. The van der Waals surface area contributed by atoms with E-state index in [4.69, 9.17) is 9.47 Å². The van der Waals surface area contributed by atoms with E-state index in [9.17, 15) is 0 Å². The quantitative estimate of drug-likeness (QED) is 0.605. The molecule has 2 aliphatic heterocycles. The number of rotatable bonds is 1. The predicted octanol–water partition coefficient (Wildman–Crippen LogP) is 0.886. The summed E-state index contributed by atoms with van der Waals surface area (Å²) in [5.74, 6) is 0. The van der Waals surface area contributed by atoms with Crippen molar-refractivity contribution in [1.29, 1.82) is 0 Å². The molecule has 0 amide bonds. The highest BCUT2D eigenvalue weighted by Gasteiger charge is 2.27. The van der Waals surface area contributed by atoms with Gasteiger partial charge in [-0.25, -0.2) is 0 Å². The Morgan fingerprint density at radius 1 is 1.08 bits per heavy atom. The van der Waals surface area contributed by atoms with Crippen LogP contribution in [0.4, 0.5) is 0 Å². The Morgan fingerprint density at radius 2 is 1.85 bits per heavy atom.